The molecule has 148 valence electrons. The van der Waals surface area contributed by atoms with E-state index in [-0.39, 0.29) is 5.91 Å². The van der Waals surface area contributed by atoms with E-state index >= 15 is 0 Å². The average molecular weight is 389 g/mol. The van der Waals surface area contributed by atoms with Gasteiger partial charge in [-0.05, 0) is 35.4 Å². The Morgan fingerprint density at radius 3 is 2.07 bits per heavy atom. The van der Waals surface area contributed by atoms with Gasteiger partial charge >= 0.3 is 0 Å². The van der Waals surface area contributed by atoms with E-state index in [1.807, 2.05) is 54.6 Å². The minimum absolute atomic E-state index is 0.234. The molecule has 0 radical (unpaired) electrons. The molecule has 0 saturated carbocycles. The highest BCUT2D eigenvalue weighted by Crippen LogP contribution is 2.38. The third-order valence-corrected chi connectivity index (χ3v) is 4.38. The molecule has 0 unspecified atom stereocenters. The lowest BCUT2D eigenvalue weighted by Crippen LogP contribution is -2.08. The lowest BCUT2D eigenvalue weighted by atomic mass is 10.0. The Hall–Kier alpha value is -3.73. The predicted octanol–water partition coefficient (Wildman–Crippen LogP) is 5.03. The Kier molecular flexibility index (Phi) is 6.53. The molecule has 0 fully saturated rings. The van der Waals surface area contributed by atoms with Gasteiger partial charge in [0.1, 0.15) is 0 Å². The van der Waals surface area contributed by atoms with Crippen molar-refractivity contribution >= 4 is 17.7 Å². The van der Waals surface area contributed by atoms with E-state index in [9.17, 15) is 4.79 Å². The lowest BCUT2D eigenvalue weighted by Gasteiger charge is -2.13. The van der Waals surface area contributed by atoms with E-state index in [0.717, 1.165) is 22.4 Å². The van der Waals surface area contributed by atoms with Crippen LogP contribution < -0.4 is 19.5 Å². The molecule has 0 bridgehead atoms. The standard InChI is InChI=1S/C24H23NO4/c1-27-21-15-17(16-22(28-2)24(21)29-3)13-14-23(26)25-20-12-8-7-11-19(20)18-9-5-4-6-10-18/h4-16H,1-3H3,(H,25,26)/b14-13+. The number of carbonyl (C=O) groups excluding carboxylic acids is 1. The highest BCUT2D eigenvalue weighted by molar-refractivity contribution is 6.04. The molecule has 0 aromatic heterocycles. The summed E-state index contributed by atoms with van der Waals surface area (Å²) >= 11 is 0. The molecule has 5 nitrogen and oxygen atoms in total. The van der Waals surface area contributed by atoms with Crippen LogP contribution >= 0.6 is 0 Å². The molecule has 0 aliphatic carbocycles. The molecule has 0 aliphatic heterocycles. The Morgan fingerprint density at radius 1 is 0.828 bits per heavy atom. The van der Waals surface area contributed by atoms with Gasteiger partial charge in [0.25, 0.3) is 0 Å². The van der Waals surface area contributed by atoms with Crippen LogP contribution in [0.1, 0.15) is 5.56 Å². The Morgan fingerprint density at radius 2 is 1.45 bits per heavy atom. The van der Waals surface area contributed by atoms with Gasteiger partial charge in [-0.25, -0.2) is 0 Å². The Balaban J connectivity index is 1.81. The van der Waals surface area contributed by atoms with Crippen molar-refractivity contribution in [3.05, 3.63) is 78.4 Å². The first-order valence-corrected chi connectivity index (χ1v) is 9.09. The smallest absolute Gasteiger partial charge is 0.248 e. The second-order valence-electron chi connectivity index (χ2n) is 6.19. The van der Waals surface area contributed by atoms with Gasteiger partial charge in [0, 0.05) is 17.3 Å². The summed E-state index contributed by atoms with van der Waals surface area (Å²) in [4.78, 5) is 12.5. The zero-order valence-corrected chi connectivity index (χ0v) is 16.6. The number of hydrogen-bond acceptors (Lipinski definition) is 4. The number of para-hydroxylation sites is 1. The first kappa shape index (κ1) is 20.0. The SMILES string of the molecule is COc1cc(/C=C/C(=O)Nc2ccccc2-c2ccccc2)cc(OC)c1OC. The lowest BCUT2D eigenvalue weighted by molar-refractivity contribution is -0.111. The molecule has 5 heteroatoms. The molecule has 0 atom stereocenters. The molecule has 29 heavy (non-hydrogen) atoms. The molecule has 0 saturated heterocycles. The first-order valence-electron chi connectivity index (χ1n) is 9.09. The monoisotopic (exact) mass is 389 g/mol. The van der Waals surface area contributed by atoms with Crippen molar-refractivity contribution in [1.29, 1.82) is 0 Å². The van der Waals surface area contributed by atoms with Crippen LogP contribution in [-0.2, 0) is 4.79 Å². The summed E-state index contributed by atoms with van der Waals surface area (Å²) in [6.07, 6.45) is 3.17. The van der Waals surface area contributed by atoms with Crippen molar-refractivity contribution in [2.24, 2.45) is 0 Å². The average Bonchev–Trinajstić information content (AvgIpc) is 2.77. The summed E-state index contributed by atoms with van der Waals surface area (Å²) in [5.74, 6) is 1.33. The topological polar surface area (TPSA) is 56.8 Å². The number of ether oxygens (including phenoxy) is 3. The molecule has 1 N–H and O–H groups in total. The fourth-order valence-corrected chi connectivity index (χ4v) is 3.01. The highest BCUT2D eigenvalue weighted by atomic mass is 16.5. The van der Waals surface area contributed by atoms with Crippen LogP contribution in [0.3, 0.4) is 0 Å². The summed E-state index contributed by atoms with van der Waals surface area (Å²) in [5.41, 5.74) is 3.50. The fraction of sp³-hybridized carbons (Fsp3) is 0.125. The van der Waals surface area contributed by atoms with Gasteiger partial charge in [-0.1, -0.05) is 48.5 Å². The predicted molar refractivity (Wildman–Crippen MR) is 116 cm³/mol. The number of hydrogen-bond donors (Lipinski definition) is 1. The van der Waals surface area contributed by atoms with Crippen LogP contribution in [-0.4, -0.2) is 27.2 Å². The maximum Gasteiger partial charge on any atom is 0.248 e. The van der Waals surface area contributed by atoms with E-state index < -0.39 is 0 Å². The molecule has 0 spiro atoms. The first-order chi connectivity index (χ1) is 14.2. The minimum Gasteiger partial charge on any atom is -0.493 e. The summed E-state index contributed by atoms with van der Waals surface area (Å²) in [6, 6.07) is 21.2. The Bertz CT molecular complexity index is 987. The van der Waals surface area contributed by atoms with Gasteiger partial charge in [-0.15, -0.1) is 0 Å². The molecule has 3 rings (SSSR count). The van der Waals surface area contributed by atoms with Crippen LogP contribution in [0.15, 0.2) is 72.8 Å². The second-order valence-corrected chi connectivity index (χ2v) is 6.19. The quantitative estimate of drug-likeness (QED) is 0.576. The van der Waals surface area contributed by atoms with Crippen molar-refractivity contribution in [3.8, 4) is 28.4 Å². The Labute approximate surface area is 170 Å². The van der Waals surface area contributed by atoms with Gasteiger partial charge in [0.05, 0.1) is 21.3 Å². The number of rotatable bonds is 7. The van der Waals surface area contributed by atoms with Crippen LogP contribution in [0.2, 0.25) is 0 Å². The number of benzene rings is 3. The second kappa shape index (κ2) is 9.46. The number of methoxy groups -OCH3 is 3. The van der Waals surface area contributed by atoms with Gasteiger partial charge in [0.2, 0.25) is 11.7 Å². The van der Waals surface area contributed by atoms with Crippen LogP contribution in [0.4, 0.5) is 5.69 Å². The third-order valence-electron chi connectivity index (χ3n) is 4.38. The van der Waals surface area contributed by atoms with Gasteiger partial charge in [-0.3, -0.25) is 4.79 Å². The number of nitrogens with one attached hydrogen (secondary N) is 1. The van der Waals surface area contributed by atoms with Crippen molar-refractivity contribution in [3.63, 3.8) is 0 Å². The van der Waals surface area contributed by atoms with Gasteiger partial charge in [-0.2, -0.15) is 0 Å². The molecule has 1 amide bonds. The fourth-order valence-electron chi connectivity index (χ4n) is 3.01. The highest BCUT2D eigenvalue weighted by Gasteiger charge is 2.12. The van der Waals surface area contributed by atoms with Gasteiger partial charge in [0.15, 0.2) is 11.5 Å². The van der Waals surface area contributed by atoms with E-state index in [1.165, 1.54) is 6.08 Å². The summed E-state index contributed by atoms with van der Waals surface area (Å²) in [6.45, 7) is 0. The summed E-state index contributed by atoms with van der Waals surface area (Å²) in [7, 11) is 4.66. The van der Waals surface area contributed by atoms with Crippen molar-refractivity contribution in [2.45, 2.75) is 0 Å². The van der Waals surface area contributed by atoms with Crippen molar-refractivity contribution in [1.82, 2.24) is 0 Å². The third kappa shape index (κ3) is 4.76. The molecular formula is C24H23NO4. The largest absolute Gasteiger partial charge is 0.493 e. The summed E-state index contributed by atoms with van der Waals surface area (Å²) < 4.78 is 16.0. The number of anilines is 1. The van der Waals surface area contributed by atoms with Crippen molar-refractivity contribution < 1.29 is 19.0 Å². The van der Waals surface area contributed by atoms with E-state index in [1.54, 1.807) is 39.5 Å². The van der Waals surface area contributed by atoms with E-state index in [2.05, 4.69) is 5.32 Å². The normalized spacial score (nSPS) is 10.6. The van der Waals surface area contributed by atoms with Crippen molar-refractivity contribution in [2.75, 3.05) is 26.6 Å². The molecule has 3 aromatic rings. The van der Waals surface area contributed by atoms with E-state index in [0.29, 0.717) is 17.2 Å². The maximum absolute atomic E-state index is 12.5. The number of carbonyl (C=O) groups is 1. The molecular weight excluding hydrogens is 366 g/mol. The number of amides is 1. The minimum atomic E-state index is -0.234. The molecule has 3 aromatic carbocycles. The van der Waals surface area contributed by atoms with Crippen LogP contribution in [0, 0.1) is 0 Å². The molecule has 0 heterocycles. The van der Waals surface area contributed by atoms with E-state index in [4.69, 9.17) is 14.2 Å². The molecule has 0 aliphatic rings. The maximum atomic E-state index is 12.5. The zero-order chi connectivity index (χ0) is 20.6. The summed E-state index contributed by atoms with van der Waals surface area (Å²) in [5, 5.41) is 2.95. The van der Waals surface area contributed by atoms with Crippen LogP contribution in [0.25, 0.3) is 17.2 Å². The van der Waals surface area contributed by atoms with Gasteiger partial charge < -0.3 is 19.5 Å². The zero-order valence-electron chi connectivity index (χ0n) is 16.6. The van der Waals surface area contributed by atoms with Crippen LogP contribution in [0.5, 0.6) is 17.2 Å².